The Morgan fingerprint density at radius 2 is 2.11 bits per heavy atom. The average Bonchev–Trinajstić information content (AvgIpc) is 3.40. The van der Waals surface area contributed by atoms with Crippen molar-refractivity contribution in [1.29, 1.82) is 0 Å². The van der Waals surface area contributed by atoms with Crippen molar-refractivity contribution in [2.24, 2.45) is 0 Å². The first-order valence-corrected chi connectivity index (χ1v) is 8.91. The number of hydrogen-bond acceptors (Lipinski definition) is 7. The van der Waals surface area contributed by atoms with Crippen molar-refractivity contribution in [2.75, 3.05) is 11.9 Å². The van der Waals surface area contributed by atoms with Crippen LogP contribution in [-0.4, -0.2) is 32.5 Å². The summed E-state index contributed by atoms with van der Waals surface area (Å²) in [5.74, 6) is 0.422. The molecule has 9 heteroatoms. The van der Waals surface area contributed by atoms with Crippen molar-refractivity contribution >= 4 is 22.9 Å². The minimum atomic E-state index is -0.499. The first-order valence-electron chi connectivity index (χ1n) is 8.91. The zero-order valence-corrected chi connectivity index (χ0v) is 15.7. The van der Waals surface area contributed by atoms with E-state index in [4.69, 9.17) is 13.6 Å². The van der Waals surface area contributed by atoms with E-state index in [2.05, 4.69) is 20.6 Å². The zero-order valence-electron chi connectivity index (χ0n) is 15.7. The maximum absolute atomic E-state index is 12.5. The molecule has 0 saturated carbocycles. The maximum atomic E-state index is 12.5. The van der Waals surface area contributed by atoms with Gasteiger partial charge >= 0.3 is 6.01 Å². The van der Waals surface area contributed by atoms with E-state index < -0.39 is 5.91 Å². The van der Waals surface area contributed by atoms with Gasteiger partial charge in [0.1, 0.15) is 5.69 Å². The van der Waals surface area contributed by atoms with Gasteiger partial charge in [-0.25, -0.2) is 0 Å². The molecule has 3 aromatic heterocycles. The molecule has 9 nitrogen and oxygen atoms in total. The highest BCUT2D eigenvalue weighted by atomic mass is 16.5. The van der Waals surface area contributed by atoms with Crippen LogP contribution in [0.15, 0.2) is 45.4 Å². The largest absolute Gasteiger partial charge is 0.490 e. The first-order chi connectivity index (χ1) is 13.5. The van der Waals surface area contributed by atoms with Crippen molar-refractivity contribution in [1.82, 2.24) is 20.0 Å². The summed E-state index contributed by atoms with van der Waals surface area (Å²) in [5.41, 5.74) is 1.05. The van der Waals surface area contributed by atoms with Crippen molar-refractivity contribution in [3.05, 3.63) is 42.3 Å². The Bertz CT molecular complexity index is 1120. The molecule has 144 valence electrons. The minimum Gasteiger partial charge on any atom is -0.490 e. The predicted molar refractivity (Wildman–Crippen MR) is 101 cm³/mol. The first kappa shape index (κ1) is 17.8. The Morgan fingerprint density at radius 3 is 2.86 bits per heavy atom. The van der Waals surface area contributed by atoms with Gasteiger partial charge in [-0.1, -0.05) is 17.2 Å². The molecule has 28 heavy (non-hydrogen) atoms. The molecule has 0 saturated heterocycles. The number of aromatic nitrogens is 4. The number of fused-ring (bicyclic) bond motifs is 1. The molecule has 0 aliphatic heterocycles. The summed E-state index contributed by atoms with van der Waals surface area (Å²) >= 11 is 0. The van der Waals surface area contributed by atoms with Crippen LogP contribution in [0.25, 0.3) is 22.6 Å². The molecule has 0 aliphatic carbocycles. The standard InChI is InChI=1S/C19H19N5O4/c1-4-26-14-7-5-6-12-10-15(27-16(12)14)17(25)20-19-22-21-18(28-19)13-8-9-24(23-13)11(2)3/h5-11H,4H2,1-3H3,(H,20,22,25). The molecule has 1 aromatic carbocycles. The van der Waals surface area contributed by atoms with E-state index in [1.807, 2.05) is 39.1 Å². The minimum absolute atomic E-state index is 0.0374. The summed E-state index contributed by atoms with van der Waals surface area (Å²) < 4.78 is 18.5. The molecule has 0 bridgehead atoms. The number of furan rings is 1. The van der Waals surface area contributed by atoms with Gasteiger partial charge in [-0.05, 0) is 39.0 Å². The number of para-hydroxylation sites is 1. The lowest BCUT2D eigenvalue weighted by Crippen LogP contribution is -2.11. The van der Waals surface area contributed by atoms with Gasteiger partial charge in [0.2, 0.25) is 0 Å². The Morgan fingerprint density at radius 1 is 1.25 bits per heavy atom. The molecule has 0 spiro atoms. The number of rotatable bonds is 6. The molecular formula is C19H19N5O4. The lowest BCUT2D eigenvalue weighted by atomic mass is 10.2. The molecule has 4 aromatic rings. The third-order valence-corrected chi connectivity index (χ3v) is 4.03. The number of nitrogens with zero attached hydrogens (tertiary/aromatic N) is 4. The number of benzene rings is 1. The Hall–Kier alpha value is -3.62. The van der Waals surface area contributed by atoms with Crippen LogP contribution in [0.1, 0.15) is 37.4 Å². The quantitative estimate of drug-likeness (QED) is 0.539. The second kappa shape index (κ2) is 7.18. The van der Waals surface area contributed by atoms with E-state index in [0.717, 1.165) is 5.39 Å². The Balaban J connectivity index is 1.53. The summed E-state index contributed by atoms with van der Waals surface area (Å²) in [5, 5.41) is 15.4. The van der Waals surface area contributed by atoms with Crippen LogP contribution < -0.4 is 10.1 Å². The van der Waals surface area contributed by atoms with Gasteiger partial charge in [-0.2, -0.15) is 5.10 Å². The van der Waals surface area contributed by atoms with Gasteiger partial charge in [0.15, 0.2) is 17.1 Å². The topological polar surface area (TPSA) is 108 Å². The third-order valence-electron chi connectivity index (χ3n) is 4.03. The summed E-state index contributed by atoms with van der Waals surface area (Å²) in [4.78, 5) is 12.5. The van der Waals surface area contributed by atoms with Gasteiger partial charge < -0.3 is 13.6 Å². The molecule has 0 unspecified atom stereocenters. The Labute approximate surface area is 160 Å². The average molecular weight is 381 g/mol. The predicted octanol–water partition coefficient (Wildman–Crippen LogP) is 3.91. The molecule has 0 atom stereocenters. The monoisotopic (exact) mass is 381 g/mol. The molecule has 4 rings (SSSR count). The van der Waals surface area contributed by atoms with Crippen molar-refractivity contribution in [2.45, 2.75) is 26.8 Å². The van der Waals surface area contributed by atoms with Gasteiger partial charge in [0.25, 0.3) is 11.8 Å². The highest BCUT2D eigenvalue weighted by molar-refractivity contribution is 6.04. The fraction of sp³-hybridized carbons (Fsp3) is 0.263. The van der Waals surface area contributed by atoms with Gasteiger partial charge in [-0.3, -0.25) is 14.8 Å². The fourth-order valence-electron chi connectivity index (χ4n) is 2.69. The molecule has 1 N–H and O–H groups in total. The van der Waals surface area contributed by atoms with Gasteiger partial charge in [0.05, 0.1) is 6.61 Å². The number of carbonyl (C=O) groups is 1. The van der Waals surface area contributed by atoms with E-state index in [1.165, 1.54) is 0 Å². The highest BCUT2D eigenvalue weighted by Gasteiger charge is 2.19. The molecule has 0 radical (unpaired) electrons. The lowest BCUT2D eigenvalue weighted by Gasteiger charge is -2.02. The normalized spacial score (nSPS) is 11.3. The molecule has 3 heterocycles. The number of nitrogens with one attached hydrogen (secondary N) is 1. The summed E-state index contributed by atoms with van der Waals surface area (Å²) in [6.45, 7) is 6.41. The fourth-order valence-corrected chi connectivity index (χ4v) is 2.69. The second-order valence-electron chi connectivity index (χ2n) is 6.36. The highest BCUT2D eigenvalue weighted by Crippen LogP contribution is 2.29. The van der Waals surface area contributed by atoms with Crippen molar-refractivity contribution in [3.8, 4) is 17.3 Å². The van der Waals surface area contributed by atoms with E-state index in [9.17, 15) is 4.79 Å². The SMILES string of the molecule is CCOc1cccc2cc(C(=O)Nc3nnc(-c4ccn(C(C)C)n4)o3)oc12. The van der Waals surface area contributed by atoms with Crippen LogP contribution in [0.5, 0.6) is 5.75 Å². The van der Waals surface area contributed by atoms with Crippen LogP contribution >= 0.6 is 0 Å². The van der Waals surface area contributed by atoms with Crippen LogP contribution in [0.4, 0.5) is 6.01 Å². The smallest absolute Gasteiger partial charge is 0.322 e. The number of carbonyl (C=O) groups excluding carboxylic acids is 1. The van der Waals surface area contributed by atoms with Crippen molar-refractivity contribution < 1.29 is 18.4 Å². The van der Waals surface area contributed by atoms with E-state index in [-0.39, 0.29) is 23.7 Å². The zero-order chi connectivity index (χ0) is 19.7. The van der Waals surface area contributed by atoms with Crippen molar-refractivity contribution in [3.63, 3.8) is 0 Å². The van der Waals surface area contributed by atoms with Gasteiger partial charge in [-0.15, -0.1) is 5.10 Å². The lowest BCUT2D eigenvalue weighted by molar-refractivity contribution is 0.0995. The number of ether oxygens (including phenoxy) is 1. The van der Waals surface area contributed by atoms with E-state index in [0.29, 0.717) is 23.6 Å². The van der Waals surface area contributed by atoms with Crippen LogP contribution in [0.3, 0.4) is 0 Å². The number of hydrogen-bond donors (Lipinski definition) is 1. The number of anilines is 1. The molecule has 0 aliphatic rings. The number of amides is 1. The van der Waals surface area contributed by atoms with E-state index in [1.54, 1.807) is 22.9 Å². The second-order valence-corrected chi connectivity index (χ2v) is 6.36. The van der Waals surface area contributed by atoms with Crippen LogP contribution in [0.2, 0.25) is 0 Å². The van der Waals surface area contributed by atoms with E-state index >= 15 is 0 Å². The summed E-state index contributed by atoms with van der Waals surface area (Å²) in [6, 6.07) is 9.05. The maximum Gasteiger partial charge on any atom is 0.322 e. The van der Waals surface area contributed by atoms with Crippen LogP contribution in [-0.2, 0) is 0 Å². The molecular weight excluding hydrogens is 362 g/mol. The third kappa shape index (κ3) is 3.34. The molecule has 0 fully saturated rings. The Kier molecular flexibility index (Phi) is 4.56. The molecule has 1 amide bonds. The van der Waals surface area contributed by atoms with Crippen LogP contribution in [0, 0.1) is 0 Å². The summed E-state index contributed by atoms with van der Waals surface area (Å²) in [7, 11) is 0. The summed E-state index contributed by atoms with van der Waals surface area (Å²) in [6.07, 6.45) is 1.83. The van der Waals surface area contributed by atoms with Gasteiger partial charge in [0, 0.05) is 17.6 Å².